The summed E-state index contributed by atoms with van der Waals surface area (Å²) in [4.78, 5) is 16.0. The highest BCUT2D eigenvalue weighted by Crippen LogP contribution is 2.21. The third kappa shape index (κ3) is 3.91. The fourth-order valence-electron chi connectivity index (χ4n) is 2.03. The standard InChI is InChI=1S/C17H15ClN4O2/c1-12-10-14(2-3-15(12)18)24-11-22-9-6-16(21-22)17(23)20-13-4-7-19-8-5-13/h2-10H,11H2,1H3,(H,19,20,23). The Balaban J connectivity index is 1.60. The first kappa shape index (κ1) is 16.0. The van der Waals surface area contributed by atoms with Crippen molar-refractivity contribution in [2.45, 2.75) is 13.7 Å². The van der Waals surface area contributed by atoms with Crippen molar-refractivity contribution in [3.8, 4) is 5.75 Å². The number of amides is 1. The molecule has 1 aromatic carbocycles. The van der Waals surface area contributed by atoms with E-state index < -0.39 is 0 Å². The van der Waals surface area contributed by atoms with Gasteiger partial charge in [0.05, 0.1) is 0 Å². The van der Waals surface area contributed by atoms with E-state index in [-0.39, 0.29) is 12.6 Å². The van der Waals surface area contributed by atoms with Crippen molar-refractivity contribution in [3.63, 3.8) is 0 Å². The van der Waals surface area contributed by atoms with Gasteiger partial charge in [-0.15, -0.1) is 0 Å². The molecule has 0 aliphatic rings. The van der Waals surface area contributed by atoms with Crippen LogP contribution in [0.2, 0.25) is 5.02 Å². The molecule has 6 nitrogen and oxygen atoms in total. The summed E-state index contributed by atoms with van der Waals surface area (Å²) < 4.78 is 7.19. The molecule has 0 spiro atoms. The van der Waals surface area contributed by atoms with Crippen LogP contribution in [-0.2, 0) is 6.73 Å². The van der Waals surface area contributed by atoms with Crippen LogP contribution in [0.1, 0.15) is 16.1 Å². The lowest BCUT2D eigenvalue weighted by molar-refractivity contribution is 0.102. The second-order valence-corrected chi connectivity index (χ2v) is 5.52. The Morgan fingerprint density at radius 2 is 2.04 bits per heavy atom. The summed E-state index contributed by atoms with van der Waals surface area (Å²) in [6.07, 6.45) is 4.90. The van der Waals surface area contributed by atoms with Crippen molar-refractivity contribution in [1.29, 1.82) is 0 Å². The van der Waals surface area contributed by atoms with E-state index in [0.29, 0.717) is 22.2 Å². The number of aryl methyl sites for hydroxylation is 1. The Hall–Kier alpha value is -2.86. The van der Waals surface area contributed by atoms with Gasteiger partial charge in [-0.2, -0.15) is 5.10 Å². The predicted octanol–water partition coefficient (Wildman–Crippen LogP) is 3.53. The maximum absolute atomic E-state index is 12.1. The van der Waals surface area contributed by atoms with Gasteiger partial charge in [0, 0.05) is 29.3 Å². The first-order valence-electron chi connectivity index (χ1n) is 7.25. The van der Waals surface area contributed by atoms with Gasteiger partial charge in [-0.3, -0.25) is 9.78 Å². The largest absolute Gasteiger partial charge is 0.471 e. The quantitative estimate of drug-likeness (QED) is 0.770. The maximum Gasteiger partial charge on any atom is 0.276 e. The Morgan fingerprint density at radius 3 is 2.79 bits per heavy atom. The van der Waals surface area contributed by atoms with Crippen LogP contribution in [0, 0.1) is 6.92 Å². The summed E-state index contributed by atoms with van der Waals surface area (Å²) in [7, 11) is 0. The molecule has 0 fully saturated rings. The number of carbonyl (C=O) groups is 1. The molecular weight excluding hydrogens is 328 g/mol. The fourth-order valence-corrected chi connectivity index (χ4v) is 2.15. The van der Waals surface area contributed by atoms with Crippen LogP contribution in [-0.4, -0.2) is 20.7 Å². The normalized spacial score (nSPS) is 10.4. The second kappa shape index (κ2) is 7.14. The van der Waals surface area contributed by atoms with E-state index in [0.717, 1.165) is 5.56 Å². The molecule has 2 heterocycles. The van der Waals surface area contributed by atoms with E-state index in [1.54, 1.807) is 53.6 Å². The van der Waals surface area contributed by atoms with Crippen LogP contribution < -0.4 is 10.1 Å². The van der Waals surface area contributed by atoms with Gasteiger partial charge >= 0.3 is 0 Å². The van der Waals surface area contributed by atoms with Crippen molar-refractivity contribution >= 4 is 23.2 Å². The number of rotatable bonds is 5. The molecule has 3 aromatic rings. The molecule has 0 bridgehead atoms. The second-order valence-electron chi connectivity index (χ2n) is 5.11. The van der Waals surface area contributed by atoms with Crippen LogP contribution in [0.25, 0.3) is 0 Å². The average molecular weight is 343 g/mol. The highest BCUT2D eigenvalue weighted by molar-refractivity contribution is 6.31. The average Bonchev–Trinajstić information content (AvgIpc) is 3.06. The lowest BCUT2D eigenvalue weighted by atomic mass is 10.2. The van der Waals surface area contributed by atoms with Crippen LogP contribution in [0.5, 0.6) is 5.75 Å². The predicted molar refractivity (Wildman–Crippen MR) is 91.2 cm³/mol. The zero-order valence-corrected chi connectivity index (χ0v) is 13.7. The number of aromatic nitrogens is 3. The topological polar surface area (TPSA) is 69.0 Å². The highest BCUT2D eigenvalue weighted by atomic mass is 35.5. The Bertz CT molecular complexity index is 849. The Morgan fingerprint density at radius 1 is 1.25 bits per heavy atom. The number of ether oxygens (including phenoxy) is 1. The summed E-state index contributed by atoms with van der Waals surface area (Å²) in [6.45, 7) is 2.11. The van der Waals surface area contributed by atoms with Crippen molar-refractivity contribution in [2.75, 3.05) is 5.32 Å². The Labute approximate surface area is 144 Å². The minimum Gasteiger partial charge on any atom is -0.471 e. The van der Waals surface area contributed by atoms with Crippen LogP contribution >= 0.6 is 11.6 Å². The molecule has 7 heteroatoms. The van der Waals surface area contributed by atoms with E-state index >= 15 is 0 Å². The van der Waals surface area contributed by atoms with Crippen LogP contribution in [0.15, 0.2) is 55.0 Å². The van der Waals surface area contributed by atoms with E-state index in [1.165, 1.54) is 0 Å². The number of carbonyl (C=O) groups excluding carboxylic acids is 1. The zero-order valence-electron chi connectivity index (χ0n) is 12.9. The fraction of sp³-hybridized carbons (Fsp3) is 0.118. The van der Waals surface area contributed by atoms with Crippen molar-refractivity contribution in [3.05, 3.63) is 71.3 Å². The van der Waals surface area contributed by atoms with Crippen molar-refractivity contribution < 1.29 is 9.53 Å². The third-order valence-electron chi connectivity index (χ3n) is 3.30. The Kier molecular flexibility index (Phi) is 4.77. The van der Waals surface area contributed by atoms with Crippen LogP contribution in [0.3, 0.4) is 0 Å². The zero-order chi connectivity index (χ0) is 16.9. The summed E-state index contributed by atoms with van der Waals surface area (Å²) in [5.74, 6) is 0.400. The molecule has 0 unspecified atom stereocenters. The van der Waals surface area contributed by atoms with Gasteiger partial charge in [-0.05, 0) is 48.9 Å². The van der Waals surface area contributed by atoms with E-state index in [2.05, 4.69) is 15.4 Å². The van der Waals surface area contributed by atoms with Gasteiger partial charge in [0.25, 0.3) is 5.91 Å². The first-order valence-corrected chi connectivity index (χ1v) is 7.63. The summed E-state index contributed by atoms with van der Waals surface area (Å²) in [5, 5.41) is 7.64. The molecule has 1 amide bonds. The molecule has 3 rings (SSSR count). The summed E-state index contributed by atoms with van der Waals surface area (Å²) in [6, 6.07) is 10.5. The summed E-state index contributed by atoms with van der Waals surface area (Å²) >= 11 is 5.98. The number of benzene rings is 1. The smallest absolute Gasteiger partial charge is 0.276 e. The van der Waals surface area contributed by atoms with Gasteiger partial charge in [0.15, 0.2) is 12.4 Å². The summed E-state index contributed by atoms with van der Waals surface area (Å²) in [5.41, 5.74) is 1.91. The molecule has 0 aliphatic heterocycles. The number of nitrogens with one attached hydrogen (secondary N) is 1. The van der Waals surface area contributed by atoms with E-state index in [1.807, 2.05) is 13.0 Å². The van der Waals surface area contributed by atoms with Gasteiger partial charge in [0.2, 0.25) is 0 Å². The maximum atomic E-state index is 12.1. The highest BCUT2D eigenvalue weighted by Gasteiger charge is 2.10. The van der Waals surface area contributed by atoms with Gasteiger partial charge in [-0.1, -0.05) is 11.6 Å². The van der Waals surface area contributed by atoms with Crippen molar-refractivity contribution in [1.82, 2.24) is 14.8 Å². The monoisotopic (exact) mass is 342 g/mol. The van der Waals surface area contributed by atoms with Gasteiger partial charge < -0.3 is 10.1 Å². The molecule has 0 aliphatic carbocycles. The number of hydrogen-bond donors (Lipinski definition) is 1. The van der Waals surface area contributed by atoms with E-state index in [4.69, 9.17) is 16.3 Å². The number of anilines is 1. The first-order chi connectivity index (χ1) is 11.6. The molecule has 0 radical (unpaired) electrons. The number of halogens is 1. The number of hydrogen-bond acceptors (Lipinski definition) is 4. The molecule has 0 atom stereocenters. The number of pyridine rings is 1. The minimum atomic E-state index is -0.290. The lowest BCUT2D eigenvalue weighted by Gasteiger charge is -2.07. The van der Waals surface area contributed by atoms with Crippen LogP contribution in [0.4, 0.5) is 5.69 Å². The SMILES string of the molecule is Cc1cc(OCn2ccc(C(=O)Nc3ccncc3)n2)ccc1Cl. The molecule has 1 N–H and O–H groups in total. The minimum absolute atomic E-state index is 0.198. The molecule has 24 heavy (non-hydrogen) atoms. The lowest BCUT2D eigenvalue weighted by Crippen LogP contribution is -2.14. The van der Waals surface area contributed by atoms with Gasteiger partial charge in [0.1, 0.15) is 5.75 Å². The van der Waals surface area contributed by atoms with Crippen molar-refractivity contribution in [2.24, 2.45) is 0 Å². The molecular formula is C17H15ClN4O2. The molecule has 0 saturated carbocycles. The molecule has 2 aromatic heterocycles. The third-order valence-corrected chi connectivity index (χ3v) is 3.73. The van der Waals surface area contributed by atoms with Gasteiger partial charge in [-0.25, -0.2) is 4.68 Å². The van der Waals surface area contributed by atoms with E-state index in [9.17, 15) is 4.79 Å². The molecule has 122 valence electrons. The number of nitrogens with zero attached hydrogens (tertiary/aromatic N) is 3. The molecule has 0 saturated heterocycles.